The summed E-state index contributed by atoms with van der Waals surface area (Å²) in [6.07, 6.45) is 0.819. The zero-order valence-electron chi connectivity index (χ0n) is 14.5. The second-order valence-electron chi connectivity index (χ2n) is 6.04. The highest BCUT2D eigenvalue weighted by molar-refractivity contribution is 5.93. The van der Waals surface area contributed by atoms with E-state index in [1.807, 2.05) is 23.7 Å². The van der Waals surface area contributed by atoms with Gasteiger partial charge in [0.05, 0.1) is 18.3 Å². The van der Waals surface area contributed by atoms with Crippen molar-refractivity contribution in [2.75, 3.05) is 7.11 Å². The number of imidazole rings is 1. The summed E-state index contributed by atoms with van der Waals surface area (Å²) in [5.41, 5.74) is 4.44. The first-order chi connectivity index (χ1) is 12.2. The molecule has 2 aromatic heterocycles. The van der Waals surface area contributed by atoms with Crippen LogP contribution in [0.2, 0.25) is 0 Å². The van der Waals surface area contributed by atoms with Crippen LogP contribution in [-0.2, 0) is 13.6 Å². The summed E-state index contributed by atoms with van der Waals surface area (Å²) in [7, 11) is 3.59. The number of aldehydes is 1. The molecule has 4 rings (SSSR count). The van der Waals surface area contributed by atoms with Crippen LogP contribution in [0.1, 0.15) is 17.3 Å². The smallest absolute Gasteiger partial charge is 0.157 e. The van der Waals surface area contributed by atoms with E-state index in [-0.39, 0.29) is 0 Å². The number of aromatic nitrogens is 3. The van der Waals surface area contributed by atoms with Crippen molar-refractivity contribution in [2.24, 2.45) is 7.05 Å². The largest absolute Gasteiger partial charge is 0.494 e. The Balaban J connectivity index is 2.05. The Kier molecular flexibility index (Phi) is 3.57. The number of aryl methyl sites for hydroxylation is 2. The van der Waals surface area contributed by atoms with Crippen molar-refractivity contribution in [1.29, 1.82) is 0 Å². The van der Waals surface area contributed by atoms with Crippen LogP contribution in [0.25, 0.3) is 33.5 Å². The third kappa shape index (κ3) is 2.23. The molecule has 126 valence electrons. The molecule has 0 saturated carbocycles. The maximum absolute atomic E-state index is 11.2. The topological polar surface area (TPSA) is 49.1 Å². The molecule has 4 aromatic rings. The summed E-state index contributed by atoms with van der Waals surface area (Å²) < 4.78 is 9.77. The Morgan fingerprint density at radius 1 is 1.20 bits per heavy atom. The Hall–Kier alpha value is -3.08. The molecule has 0 saturated heterocycles. The van der Waals surface area contributed by atoms with Gasteiger partial charge in [0.25, 0.3) is 0 Å². The van der Waals surface area contributed by atoms with Gasteiger partial charge in [-0.05, 0) is 31.2 Å². The van der Waals surface area contributed by atoms with E-state index in [0.717, 1.165) is 35.4 Å². The molecular weight excluding hydrogens is 314 g/mol. The van der Waals surface area contributed by atoms with E-state index >= 15 is 0 Å². The van der Waals surface area contributed by atoms with Gasteiger partial charge in [0.1, 0.15) is 17.6 Å². The molecule has 0 radical (unpaired) electrons. The van der Waals surface area contributed by atoms with Crippen LogP contribution in [0, 0.1) is 0 Å². The summed E-state index contributed by atoms with van der Waals surface area (Å²) in [5.74, 6) is 1.51. The van der Waals surface area contributed by atoms with Crippen LogP contribution in [0.4, 0.5) is 0 Å². The highest BCUT2D eigenvalue weighted by Gasteiger charge is 2.18. The molecule has 0 atom stereocenters. The van der Waals surface area contributed by atoms with Gasteiger partial charge >= 0.3 is 0 Å². The van der Waals surface area contributed by atoms with Gasteiger partial charge in [-0.2, -0.15) is 0 Å². The summed E-state index contributed by atoms with van der Waals surface area (Å²) >= 11 is 0. The predicted molar refractivity (Wildman–Crippen MR) is 99.3 cm³/mol. The number of carbonyl (C=O) groups is 1. The first-order valence-corrected chi connectivity index (χ1v) is 8.26. The molecule has 0 spiro atoms. The van der Waals surface area contributed by atoms with E-state index in [2.05, 4.69) is 29.7 Å². The van der Waals surface area contributed by atoms with Crippen molar-refractivity contribution < 1.29 is 9.53 Å². The third-order valence-corrected chi connectivity index (χ3v) is 4.67. The van der Waals surface area contributed by atoms with E-state index in [1.54, 1.807) is 19.2 Å². The average molecular weight is 333 g/mol. The lowest BCUT2D eigenvalue weighted by atomic mass is 10.2. The molecule has 2 aromatic carbocycles. The zero-order valence-corrected chi connectivity index (χ0v) is 14.5. The first-order valence-electron chi connectivity index (χ1n) is 8.26. The maximum atomic E-state index is 11.2. The van der Waals surface area contributed by atoms with Crippen LogP contribution >= 0.6 is 0 Å². The Labute approximate surface area is 145 Å². The average Bonchev–Trinajstić information content (AvgIpc) is 3.18. The highest BCUT2D eigenvalue weighted by Crippen LogP contribution is 2.33. The van der Waals surface area contributed by atoms with Gasteiger partial charge in [-0.25, -0.2) is 4.98 Å². The quantitative estimate of drug-likeness (QED) is 0.530. The summed E-state index contributed by atoms with van der Waals surface area (Å²) in [5, 5.41) is 1.19. The van der Waals surface area contributed by atoms with Crippen molar-refractivity contribution in [1.82, 2.24) is 14.1 Å². The van der Waals surface area contributed by atoms with Crippen LogP contribution in [-0.4, -0.2) is 27.5 Å². The molecular formula is C20H19N3O2. The Bertz CT molecular complexity index is 1110. The number of ether oxygens (including phenoxy) is 1. The fraction of sp³-hybridized carbons (Fsp3) is 0.200. The number of hydrogen-bond acceptors (Lipinski definition) is 3. The molecule has 0 N–H and O–H groups in total. The zero-order chi connectivity index (χ0) is 17.6. The van der Waals surface area contributed by atoms with Crippen LogP contribution in [0.15, 0.2) is 42.5 Å². The van der Waals surface area contributed by atoms with Gasteiger partial charge in [-0.1, -0.05) is 18.2 Å². The molecule has 0 bridgehead atoms. The maximum Gasteiger partial charge on any atom is 0.157 e. The molecule has 0 unspecified atom stereocenters. The van der Waals surface area contributed by atoms with Crippen molar-refractivity contribution in [2.45, 2.75) is 13.5 Å². The molecule has 0 aliphatic rings. The lowest BCUT2D eigenvalue weighted by molar-refractivity contribution is 0.112. The summed E-state index contributed by atoms with van der Waals surface area (Å²) in [6.45, 7) is 2.98. The third-order valence-electron chi connectivity index (χ3n) is 4.67. The van der Waals surface area contributed by atoms with Gasteiger partial charge in [0.2, 0.25) is 0 Å². The fourth-order valence-electron chi connectivity index (χ4n) is 3.52. The predicted octanol–water partition coefficient (Wildman–Crippen LogP) is 4.04. The number of nitrogens with zero attached hydrogens (tertiary/aromatic N) is 3. The molecule has 5 nitrogen and oxygen atoms in total. The summed E-state index contributed by atoms with van der Waals surface area (Å²) in [4.78, 5) is 16.0. The van der Waals surface area contributed by atoms with E-state index in [4.69, 9.17) is 9.72 Å². The second kappa shape index (κ2) is 5.77. The summed E-state index contributed by atoms with van der Waals surface area (Å²) in [6, 6.07) is 14.0. The highest BCUT2D eigenvalue weighted by atomic mass is 16.5. The number of rotatable bonds is 4. The molecule has 2 heterocycles. The lowest BCUT2D eigenvalue weighted by Gasteiger charge is -2.09. The van der Waals surface area contributed by atoms with Gasteiger partial charge in [0, 0.05) is 30.1 Å². The minimum atomic E-state index is 0.560. The molecule has 0 aliphatic carbocycles. The van der Waals surface area contributed by atoms with Crippen molar-refractivity contribution >= 4 is 28.2 Å². The molecule has 0 aliphatic heterocycles. The van der Waals surface area contributed by atoms with Crippen LogP contribution in [0.3, 0.4) is 0 Å². The van der Waals surface area contributed by atoms with E-state index in [1.165, 1.54) is 10.9 Å². The minimum Gasteiger partial charge on any atom is -0.494 e. The standard InChI is InChI=1S/C20H19N3O2/c1-4-23-16-8-6-5-7-14(16)11-17(23)20-21-15-9-13(12-24)10-18(25-3)19(15)22(20)2/h5-12H,4H2,1-3H3. The second-order valence-corrected chi connectivity index (χ2v) is 6.04. The molecule has 5 heteroatoms. The normalized spacial score (nSPS) is 11.3. The molecule has 25 heavy (non-hydrogen) atoms. The minimum absolute atomic E-state index is 0.560. The SMILES string of the molecule is CCn1c(-c2nc3cc(C=O)cc(OC)c3n2C)cc2ccccc21. The van der Waals surface area contributed by atoms with Gasteiger partial charge in [-0.3, -0.25) is 4.79 Å². The number of carbonyl (C=O) groups excluding carboxylic acids is 1. The molecule has 0 fully saturated rings. The number of fused-ring (bicyclic) bond motifs is 2. The van der Waals surface area contributed by atoms with Crippen LogP contribution in [0.5, 0.6) is 5.75 Å². The van der Waals surface area contributed by atoms with E-state index in [0.29, 0.717) is 11.3 Å². The Morgan fingerprint density at radius 2 is 2.00 bits per heavy atom. The number of methoxy groups -OCH3 is 1. The fourth-order valence-corrected chi connectivity index (χ4v) is 3.52. The van der Waals surface area contributed by atoms with Crippen molar-refractivity contribution in [3.8, 4) is 17.3 Å². The molecule has 0 amide bonds. The van der Waals surface area contributed by atoms with Gasteiger partial charge in [0.15, 0.2) is 5.82 Å². The first kappa shape index (κ1) is 15.4. The van der Waals surface area contributed by atoms with Gasteiger partial charge in [-0.15, -0.1) is 0 Å². The van der Waals surface area contributed by atoms with E-state index < -0.39 is 0 Å². The number of benzene rings is 2. The lowest BCUT2D eigenvalue weighted by Crippen LogP contribution is -2.01. The monoisotopic (exact) mass is 333 g/mol. The number of para-hydroxylation sites is 1. The van der Waals surface area contributed by atoms with Crippen molar-refractivity contribution in [3.05, 3.63) is 48.0 Å². The van der Waals surface area contributed by atoms with Crippen molar-refractivity contribution in [3.63, 3.8) is 0 Å². The van der Waals surface area contributed by atoms with Crippen LogP contribution < -0.4 is 4.74 Å². The number of hydrogen-bond donors (Lipinski definition) is 0. The Morgan fingerprint density at radius 3 is 2.72 bits per heavy atom. The van der Waals surface area contributed by atoms with E-state index in [9.17, 15) is 4.79 Å². The van der Waals surface area contributed by atoms with Gasteiger partial charge < -0.3 is 13.9 Å².